The molecule has 2 N–H and O–H groups in total. The lowest BCUT2D eigenvalue weighted by Gasteiger charge is -2.48. The molecule has 1 aromatic heterocycles. The second-order valence-electron chi connectivity index (χ2n) is 5.12. The van der Waals surface area contributed by atoms with Gasteiger partial charge in [-0.05, 0) is 38.6 Å². The summed E-state index contributed by atoms with van der Waals surface area (Å²) in [6, 6.07) is 0.405. The summed E-state index contributed by atoms with van der Waals surface area (Å²) in [4.78, 5) is 7.89. The molecule has 1 aliphatic carbocycles. The van der Waals surface area contributed by atoms with E-state index in [4.69, 9.17) is 0 Å². The van der Waals surface area contributed by atoms with E-state index in [9.17, 15) is 4.39 Å². The Morgan fingerprint density at radius 3 is 2.76 bits per heavy atom. The van der Waals surface area contributed by atoms with Crippen molar-refractivity contribution in [1.29, 1.82) is 0 Å². The Hall–Kier alpha value is -1.23. The first kappa shape index (κ1) is 10.9. The van der Waals surface area contributed by atoms with E-state index < -0.39 is 5.82 Å². The standard InChI is InChI=1S/C12H17FN4/c13-9-7-14-11(15-8-9)17-10-2-5-16-12(6-10)3-1-4-12/h7-8,10,16H,1-6H2,(H,14,15,17). The first-order valence-corrected chi connectivity index (χ1v) is 6.25. The van der Waals surface area contributed by atoms with Crippen molar-refractivity contribution < 1.29 is 4.39 Å². The zero-order valence-corrected chi connectivity index (χ0v) is 9.75. The molecule has 0 aromatic carbocycles. The van der Waals surface area contributed by atoms with Crippen LogP contribution in [0.1, 0.15) is 32.1 Å². The van der Waals surface area contributed by atoms with E-state index in [2.05, 4.69) is 20.6 Å². The zero-order valence-electron chi connectivity index (χ0n) is 9.75. The topological polar surface area (TPSA) is 49.8 Å². The second kappa shape index (κ2) is 4.22. The van der Waals surface area contributed by atoms with Crippen LogP contribution in [0.5, 0.6) is 0 Å². The molecule has 1 aromatic rings. The lowest BCUT2D eigenvalue weighted by Crippen LogP contribution is -2.58. The quantitative estimate of drug-likeness (QED) is 0.820. The molecule has 1 saturated heterocycles. The number of hydrogen-bond donors (Lipinski definition) is 2. The summed E-state index contributed by atoms with van der Waals surface area (Å²) in [5.41, 5.74) is 0.357. The van der Waals surface area contributed by atoms with Gasteiger partial charge in [0, 0.05) is 11.6 Å². The normalized spacial score (nSPS) is 26.5. The van der Waals surface area contributed by atoms with Crippen molar-refractivity contribution in [1.82, 2.24) is 15.3 Å². The molecule has 1 atom stereocenters. The van der Waals surface area contributed by atoms with Crippen molar-refractivity contribution in [2.24, 2.45) is 0 Å². The van der Waals surface area contributed by atoms with Gasteiger partial charge in [-0.1, -0.05) is 0 Å². The molecular formula is C12H17FN4. The predicted molar refractivity (Wildman–Crippen MR) is 63.2 cm³/mol. The zero-order chi connectivity index (χ0) is 11.7. The largest absolute Gasteiger partial charge is 0.351 e. The van der Waals surface area contributed by atoms with E-state index in [1.807, 2.05) is 0 Å². The van der Waals surface area contributed by atoms with Gasteiger partial charge in [0.05, 0.1) is 12.4 Å². The molecule has 92 valence electrons. The van der Waals surface area contributed by atoms with E-state index in [0.717, 1.165) is 19.4 Å². The summed E-state index contributed by atoms with van der Waals surface area (Å²) in [7, 11) is 0. The molecule has 5 heteroatoms. The van der Waals surface area contributed by atoms with Crippen LogP contribution in [-0.4, -0.2) is 28.1 Å². The van der Waals surface area contributed by atoms with E-state index in [-0.39, 0.29) is 0 Å². The van der Waals surface area contributed by atoms with Crippen LogP contribution in [0.25, 0.3) is 0 Å². The molecule has 1 spiro atoms. The Kier molecular flexibility index (Phi) is 2.70. The average molecular weight is 236 g/mol. The summed E-state index contributed by atoms with van der Waals surface area (Å²) < 4.78 is 12.7. The second-order valence-corrected chi connectivity index (χ2v) is 5.12. The molecule has 0 radical (unpaired) electrons. The summed E-state index contributed by atoms with van der Waals surface area (Å²) >= 11 is 0. The van der Waals surface area contributed by atoms with Crippen molar-refractivity contribution in [2.45, 2.75) is 43.7 Å². The van der Waals surface area contributed by atoms with Gasteiger partial charge in [0.2, 0.25) is 5.95 Å². The van der Waals surface area contributed by atoms with Crippen LogP contribution in [0.3, 0.4) is 0 Å². The number of anilines is 1. The molecule has 3 rings (SSSR count). The Labute approximate surface area is 100 Å². The number of rotatable bonds is 2. The molecule has 1 saturated carbocycles. The summed E-state index contributed by atoms with van der Waals surface area (Å²) in [6.45, 7) is 1.04. The molecule has 0 bridgehead atoms. The molecular weight excluding hydrogens is 219 g/mol. The lowest BCUT2D eigenvalue weighted by atomic mass is 9.70. The van der Waals surface area contributed by atoms with Gasteiger partial charge in [-0.25, -0.2) is 14.4 Å². The van der Waals surface area contributed by atoms with Gasteiger partial charge in [-0.15, -0.1) is 0 Å². The monoisotopic (exact) mass is 236 g/mol. The third kappa shape index (κ3) is 2.24. The number of nitrogens with one attached hydrogen (secondary N) is 2. The SMILES string of the molecule is Fc1cnc(NC2CCNC3(CCC3)C2)nc1. The lowest BCUT2D eigenvalue weighted by molar-refractivity contribution is 0.135. The molecule has 1 unspecified atom stereocenters. The van der Waals surface area contributed by atoms with Crippen molar-refractivity contribution in [3.8, 4) is 0 Å². The van der Waals surface area contributed by atoms with Crippen molar-refractivity contribution >= 4 is 5.95 Å². The molecule has 17 heavy (non-hydrogen) atoms. The van der Waals surface area contributed by atoms with Crippen LogP contribution in [0.15, 0.2) is 12.4 Å². The fourth-order valence-corrected chi connectivity index (χ4v) is 2.83. The maximum absolute atomic E-state index is 12.7. The van der Waals surface area contributed by atoms with Crippen LogP contribution in [-0.2, 0) is 0 Å². The maximum atomic E-state index is 12.7. The predicted octanol–water partition coefficient (Wildman–Crippen LogP) is 1.70. The van der Waals surface area contributed by atoms with E-state index in [1.54, 1.807) is 0 Å². The molecule has 0 amide bonds. The highest BCUT2D eigenvalue weighted by molar-refractivity contribution is 5.25. The van der Waals surface area contributed by atoms with Gasteiger partial charge < -0.3 is 10.6 Å². The average Bonchev–Trinajstić information content (AvgIpc) is 2.31. The van der Waals surface area contributed by atoms with Gasteiger partial charge >= 0.3 is 0 Å². The highest BCUT2D eigenvalue weighted by atomic mass is 19.1. The van der Waals surface area contributed by atoms with Crippen LogP contribution in [0.4, 0.5) is 10.3 Å². The van der Waals surface area contributed by atoms with Crippen LogP contribution in [0, 0.1) is 5.82 Å². The number of halogens is 1. The minimum Gasteiger partial charge on any atom is -0.351 e. The van der Waals surface area contributed by atoms with Gasteiger partial charge in [-0.2, -0.15) is 0 Å². The van der Waals surface area contributed by atoms with E-state index >= 15 is 0 Å². The third-order valence-electron chi connectivity index (χ3n) is 3.89. The fraction of sp³-hybridized carbons (Fsp3) is 0.667. The summed E-state index contributed by atoms with van der Waals surface area (Å²) in [5, 5.41) is 6.92. The van der Waals surface area contributed by atoms with Crippen LogP contribution in [0.2, 0.25) is 0 Å². The summed E-state index contributed by atoms with van der Waals surface area (Å²) in [5.74, 6) is 0.143. The number of aromatic nitrogens is 2. The number of hydrogen-bond acceptors (Lipinski definition) is 4. The van der Waals surface area contributed by atoms with Crippen molar-refractivity contribution in [2.75, 3.05) is 11.9 Å². The first-order valence-electron chi connectivity index (χ1n) is 6.25. The van der Waals surface area contributed by atoms with E-state index in [1.165, 1.54) is 31.7 Å². The summed E-state index contributed by atoms with van der Waals surface area (Å²) in [6.07, 6.45) is 8.47. The molecule has 2 aliphatic rings. The van der Waals surface area contributed by atoms with Gasteiger partial charge in [0.25, 0.3) is 0 Å². The first-order chi connectivity index (χ1) is 8.26. The highest BCUT2D eigenvalue weighted by Gasteiger charge is 2.40. The fourth-order valence-electron chi connectivity index (χ4n) is 2.83. The minimum absolute atomic E-state index is 0.357. The van der Waals surface area contributed by atoms with Crippen LogP contribution < -0.4 is 10.6 Å². The van der Waals surface area contributed by atoms with Crippen molar-refractivity contribution in [3.05, 3.63) is 18.2 Å². The number of nitrogens with zero attached hydrogens (tertiary/aromatic N) is 2. The smallest absolute Gasteiger partial charge is 0.222 e. The molecule has 4 nitrogen and oxygen atoms in total. The Balaban J connectivity index is 1.63. The van der Waals surface area contributed by atoms with Gasteiger partial charge in [0.1, 0.15) is 0 Å². The number of piperidine rings is 1. The molecule has 1 aliphatic heterocycles. The molecule has 2 fully saturated rings. The third-order valence-corrected chi connectivity index (χ3v) is 3.89. The maximum Gasteiger partial charge on any atom is 0.222 e. The highest BCUT2D eigenvalue weighted by Crippen LogP contribution is 2.38. The van der Waals surface area contributed by atoms with Gasteiger partial charge in [0.15, 0.2) is 5.82 Å². The van der Waals surface area contributed by atoms with Crippen LogP contribution >= 0.6 is 0 Å². The Morgan fingerprint density at radius 1 is 1.35 bits per heavy atom. The minimum atomic E-state index is -0.392. The van der Waals surface area contributed by atoms with E-state index in [0.29, 0.717) is 17.5 Å². The Morgan fingerprint density at radius 2 is 2.12 bits per heavy atom. The van der Waals surface area contributed by atoms with Crippen molar-refractivity contribution in [3.63, 3.8) is 0 Å². The Bertz CT molecular complexity index is 388. The molecule has 2 heterocycles. The van der Waals surface area contributed by atoms with Gasteiger partial charge in [-0.3, -0.25) is 0 Å².